The van der Waals surface area contributed by atoms with Gasteiger partial charge in [-0.3, -0.25) is 9.52 Å². The summed E-state index contributed by atoms with van der Waals surface area (Å²) in [5, 5.41) is 10.0. The molecule has 216 valence electrons. The maximum absolute atomic E-state index is 14.1. The van der Waals surface area contributed by atoms with E-state index in [1.807, 2.05) is 27.9 Å². The van der Waals surface area contributed by atoms with Gasteiger partial charge in [-0.2, -0.15) is 0 Å². The quantitative estimate of drug-likeness (QED) is 0.529. The molecule has 0 fully saturated rings. The van der Waals surface area contributed by atoms with Gasteiger partial charge in [-0.25, -0.2) is 8.42 Å². The van der Waals surface area contributed by atoms with Gasteiger partial charge in [0, 0.05) is 31.3 Å². The van der Waals surface area contributed by atoms with E-state index in [-0.39, 0.29) is 46.8 Å². The Bertz CT molecular complexity index is 1170. The Hall–Kier alpha value is -2.66. The fraction of sp³-hybridized carbons (Fsp3) is 0.552. The Labute approximate surface area is 233 Å². The lowest BCUT2D eigenvalue weighted by atomic mass is 10.0. The van der Waals surface area contributed by atoms with Gasteiger partial charge in [0.05, 0.1) is 35.3 Å². The summed E-state index contributed by atoms with van der Waals surface area (Å²) in [4.78, 5) is 17.9. The van der Waals surface area contributed by atoms with Crippen LogP contribution in [0.4, 0.5) is 5.69 Å². The van der Waals surface area contributed by atoms with Crippen molar-refractivity contribution in [2.24, 2.45) is 5.92 Å². The number of ether oxygens (including phenoxy) is 2. The van der Waals surface area contributed by atoms with Crippen molar-refractivity contribution in [3.8, 4) is 5.75 Å². The molecule has 39 heavy (non-hydrogen) atoms. The summed E-state index contributed by atoms with van der Waals surface area (Å²) in [5.41, 5.74) is 0.492. The highest BCUT2D eigenvalue weighted by Crippen LogP contribution is 2.29. The number of hydrogen-bond acceptors (Lipinski definition) is 7. The predicted octanol–water partition coefficient (Wildman–Crippen LogP) is 3.84. The van der Waals surface area contributed by atoms with Crippen molar-refractivity contribution in [3.05, 3.63) is 54.1 Å². The molecule has 3 rings (SSSR count). The Kier molecular flexibility index (Phi) is 11.2. The van der Waals surface area contributed by atoms with Crippen LogP contribution in [0.2, 0.25) is 0 Å². The lowest BCUT2D eigenvalue weighted by molar-refractivity contribution is -0.0137. The Morgan fingerprint density at radius 1 is 1.13 bits per heavy atom. The summed E-state index contributed by atoms with van der Waals surface area (Å²) in [5.74, 6) is 0.0273. The summed E-state index contributed by atoms with van der Waals surface area (Å²) >= 11 is 0. The molecule has 2 aromatic rings. The van der Waals surface area contributed by atoms with Gasteiger partial charge in [0.15, 0.2) is 0 Å². The number of fused-ring (bicyclic) bond motifs is 1. The van der Waals surface area contributed by atoms with E-state index in [9.17, 15) is 18.3 Å². The molecule has 0 aliphatic carbocycles. The van der Waals surface area contributed by atoms with Gasteiger partial charge in [-0.1, -0.05) is 25.1 Å². The lowest BCUT2D eigenvalue weighted by Crippen LogP contribution is -2.47. The predicted molar refractivity (Wildman–Crippen MR) is 153 cm³/mol. The maximum atomic E-state index is 14.1. The summed E-state index contributed by atoms with van der Waals surface area (Å²) in [6.45, 7) is 7.27. The minimum atomic E-state index is -3.86. The zero-order chi connectivity index (χ0) is 28.6. The number of likely N-dealkylation sites (N-methyl/N-ethyl adjacent to an activating group) is 1. The minimum absolute atomic E-state index is 0.0173. The number of aliphatic hydroxyl groups is 1. The zero-order valence-corrected chi connectivity index (χ0v) is 24.5. The van der Waals surface area contributed by atoms with Crippen LogP contribution in [-0.4, -0.2) is 87.9 Å². The second kappa shape index (κ2) is 14.1. The van der Waals surface area contributed by atoms with Crippen LogP contribution in [0.1, 0.15) is 50.4 Å². The number of nitrogens with one attached hydrogen (secondary N) is 1. The molecule has 2 N–H and O–H groups in total. The topological polar surface area (TPSA) is 108 Å². The highest BCUT2D eigenvalue weighted by atomic mass is 32.2. The third-order valence-electron chi connectivity index (χ3n) is 6.90. The largest absolute Gasteiger partial charge is 0.490 e. The van der Waals surface area contributed by atoms with Crippen LogP contribution in [0.25, 0.3) is 0 Å². The van der Waals surface area contributed by atoms with Crippen molar-refractivity contribution in [1.29, 1.82) is 0 Å². The number of hydrogen-bond donors (Lipinski definition) is 2. The summed E-state index contributed by atoms with van der Waals surface area (Å²) in [6.07, 6.45) is 2.33. The number of carbonyl (C=O) groups is 1. The second-order valence-electron chi connectivity index (χ2n) is 10.7. The van der Waals surface area contributed by atoms with Gasteiger partial charge >= 0.3 is 0 Å². The highest BCUT2D eigenvalue weighted by Gasteiger charge is 2.30. The van der Waals surface area contributed by atoms with E-state index in [0.717, 1.165) is 19.3 Å². The monoisotopic (exact) mass is 561 g/mol. The third kappa shape index (κ3) is 8.66. The van der Waals surface area contributed by atoms with Crippen molar-refractivity contribution in [1.82, 2.24) is 9.80 Å². The molecule has 0 spiro atoms. The maximum Gasteiger partial charge on any atom is 0.261 e. The fourth-order valence-electron chi connectivity index (χ4n) is 4.62. The van der Waals surface area contributed by atoms with E-state index in [4.69, 9.17) is 9.47 Å². The molecule has 2 aromatic carbocycles. The first-order chi connectivity index (χ1) is 18.5. The smallest absolute Gasteiger partial charge is 0.261 e. The Balaban J connectivity index is 2.02. The molecule has 0 unspecified atom stereocenters. The highest BCUT2D eigenvalue weighted by molar-refractivity contribution is 7.92. The standard InChI is InChI=1S/C29H43N3O6S/c1-21-18-32(22(2)20-33)29(34)26-17-24(30-39(35,36)25-12-7-6-8-13-25)14-15-27(26)38-23(3)11-9-10-16-37-28(21)19-31(4)5/h6-8,12-15,17,21-23,28,30,33H,9-11,16,18-20H2,1-5H3/t21-,22+,23+,28+/m0/s1. The first kappa shape index (κ1) is 30.9. The second-order valence-corrected chi connectivity index (χ2v) is 12.4. The van der Waals surface area contributed by atoms with Gasteiger partial charge in [0.1, 0.15) is 5.75 Å². The van der Waals surface area contributed by atoms with E-state index in [1.165, 1.54) is 18.2 Å². The zero-order valence-electron chi connectivity index (χ0n) is 23.7. The molecule has 0 saturated heterocycles. The molecule has 4 atom stereocenters. The molecular weight excluding hydrogens is 518 g/mol. The molecule has 0 bridgehead atoms. The van der Waals surface area contributed by atoms with Gasteiger partial charge in [-0.15, -0.1) is 0 Å². The van der Waals surface area contributed by atoms with Crippen LogP contribution >= 0.6 is 0 Å². The van der Waals surface area contributed by atoms with Crippen LogP contribution in [0.5, 0.6) is 5.75 Å². The molecule has 1 aliphatic rings. The molecule has 0 saturated carbocycles. The fourth-order valence-corrected chi connectivity index (χ4v) is 5.69. The Morgan fingerprint density at radius 3 is 2.51 bits per heavy atom. The van der Waals surface area contributed by atoms with E-state index in [2.05, 4.69) is 9.62 Å². The minimum Gasteiger partial charge on any atom is -0.490 e. The van der Waals surface area contributed by atoms with E-state index in [1.54, 1.807) is 42.2 Å². The van der Waals surface area contributed by atoms with Crippen molar-refractivity contribution in [3.63, 3.8) is 0 Å². The Morgan fingerprint density at radius 2 is 1.85 bits per heavy atom. The van der Waals surface area contributed by atoms with E-state index < -0.39 is 16.1 Å². The number of nitrogens with zero attached hydrogens (tertiary/aromatic N) is 2. The number of aliphatic hydroxyl groups excluding tert-OH is 1. The molecular formula is C29H43N3O6S. The number of rotatable bonds is 7. The molecule has 1 heterocycles. The van der Waals surface area contributed by atoms with Crippen molar-refractivity contribution in [2.45, 2.75) is 63.2 Å². The van der Waals surface area contributed by atoms with Gasteiger partial charge in [0.25, 0.3) is 15.9 Å². The summed E-state index contributed by atoms with van der Waals surface area (Å²) in [6, 6.07) is 12.4. The van der Waals surface area contributed by atoms with Gasteiger partial charge in [0.2, 0.25) is 0 Å². The molecule has 1 aliphatic heterocycles. The van der Waals surface area contributed by atoms with Crippen LogP contribution in [0.15, 0.2) is 53.4 Å². The first-order valence-electron chi connectivity index (χ1n) is 13.6. The van der Waals surface area contributed by atoms with Crippen LogP contribution in [0, 0.1) is 5.92 Å². The number of anilines is 1. The SMILES string of the molecule is C[C@@H]1CCCCO[C@H](CN(C)C)[C@@H](C)CN([C@H](C)CO)C(=O)c2cc(NS(=O)(=O)c3ccccc3)ccc2O1. The van der Waals surface area contributed by atoms with Crippen molar-refractivity contribution < 1.29 is 27.8 Å². The number of benzene rings is 2. The molecule has 0 aromatic heterocycles. The van der Waals surface area contributed by atoms with E-state index in [0.29, 0.717) is 25.4 Å². The van der Waals surface area contributed by atoms with Crippen LogP contribution in [0.3, 0.4) is 0 Å². The van der Waals surface area contributed by atoms with Crippen LogP contribution in [-0.2, 0) is 14.8 Å². The normalized spacial score (nSPS) is 22.5. The average molecular weight is 562 g/mol. The first-order valence-corrected chi connectivity index (χ1v) is 15.1. The van der Waals surface area contributed by atoms with Crippen molar-refractivity contribution >= 4 is 21.6 Å². The molecule has 0 radical (unpaired) electrons. The van der Waals surface area contributed by atoms with E-state index >= 15 is 0 Å². The van der Waals surface area contributed by atoms with Gasteiger partial charge < -0.3 is 24.4 Å². The van der Waals surface area contributed by atoms with Crippen LogP contribution < -0.4 is 9.46 Å². The number of carbonyl (C=O) groups excluding carboxylic acids is 1. The molecule has 9 nitrogen and oxygen atoms in total. The lowest BCUT2D eigenvalue weighted by Gasteiger charge is -2.35. The average Bonchev–Trinajstić information content (AvgIpc) is 2.90. The third-order valence-corrected chi connectivity index (χ3v) is 8.30. The number of amides is 1. The molecule has 10 heteroatoms. The summed E-state index contributed by atoms with van der Waals surface area (Å²) < 4.78 is 41.0. The summed E-state index contributed by atoms with van der Waals surface area (Å²) in [7, 11) is 0.132. The molecule has 1 amide bonds. The van der Waals surface area contributed by atoms with Gasteiger partial charge in [-0.05, 0) is 77.5 Å². The number of sulfonamides is 1. The van der Waals surface area contributed by atoms with Crippen molar-refractivity contribution in [2.75, 3.05) is 45.1 Å².